The first kappa shape index (κ1) is 33.8. The summed E-state index contributed by atoms with van der Waals surface area (Å²) in [6, 6.07) is 11.2. The maximum atomic E-state index is 12.0. The smallest absolute Gasteiger partial charge is 0.329 e. The number of hydrazone groups is 1. The van der Waals surface area contributed by atoms with E-state index in [0.717, 1.165) is 36.3 Å². The number of ether oxygens (including phenoxy) is 1. The molecule has 2 atom stereocenters. The molecule has 2 aliphatic heterocycles. The molecule has 0 saturated heterocycles. The van der Waals surface area contributed by atoms with Crippen molar-refractivity contribution < 1.29 is 19.4 Å². The van der Waals surface area contributed by atoms with Gasteiger partial charge in [-0.2, -0.15) is 5.10 Å². The summed E-state index contributed by atoms with van der Waals surface area (Å²) in [5.41, 5.74) is 18.6. The van der Waals surface area contributed by atoms with Crippen molar-refractivity contribution in [2.75, 3.05) is 30.0 Å². The molecule has 2 unspecified atom stereocenters. The Morgan fingerprint density at radius 1 is 1.22 bits per heavy atom. The van der Waals surface area contributed by atoms with E-state index in [-0.39, 0.29) is 17.6 Å². The highest BCUT2D eigenvalue weighted by atomic mass is 16.5. The largest absolute Gasteiger partial charge is 0.652 e. The van der Waals surface area contributed by atoms with Gasteiger partial charge in [-0.05, 0) is 86.7 Å². The Kier molecular flexibility index (Phi) is 10.1. The van der Waals surface area contributed by atoms with Crippen LogP contribution in [-0.2, 0) is 14.3 Å². The average Bonchev–Trinajstić information content (AvgIpc) is 3.34. The van der Waals surface area contributed by atoms with Gasteiger partial charge in [-0.25, -0.2) is 9.79 Å². The van der Waals surface area contributed by atoms with Gasteiger partial charge in [0.05, 0.1) is 11.4 Å². The molecule has 11 nitrogen and oxygen atoms in total. The first-order valence-electron chi connectivity index (χ1n) is 15.4. The zero-order valence-corrected chi connectivity index (χ0v) is 27.6. The Labute approximate surface area is 266 Å². The predicted octanol–water partition coefficient (Wildman–Crippen LogP) is 6.76. The van der Waals surface area contributed by atoms with E-state index in [4.69, 9.17) is 20.6 Å². The van der Waals surface area contributed by atoms with Crippen molar-refractivity contribution in [1.29, 1.82) is 0 Å². The lowest BCUT2D eigenvalue weighted by atomic mass is 9.79. The number of aliphatic carboxylic acids is 1. The highest BCUT2D eigenvalue weighted by molar-refractivity contribution is 6.71. The Balaban J connectivity index is 1.62. The maximum absolute atomic E-state index is 12.0. The summed E-state index contributed by atoms with van der Waals surface area (Å²) in [5, 5.41) is 15.9. The standard InChI is InChI=1S/C34H46N7O4/c1-9-14-41-26-15-20(2)25(16-24(26)21(3)17-34(41,7)8)37-29-30(33(4,5)6)39-40-32(29)38-31(35)22-10-12-23(13-11-22)36-27(42)18-45-19-28(43)44/h10-13,15-16,21,31,35H,9,14,17-19H2,1-8H3,(H,36,42)(H,43,44)(H,37,38,40)/q-1. The number of rotatable bonds is 10. The van der Waals surface area contributed by atoms with Gasteiger partial charge in [-0.3, -0.25) is 15.2 Å². The molecule has 11 heteroatoms. The Bertz CT molecular complexity index is 1520. The number of nitrogens with zero attached hydrogens (tertiary/aromatic N) is 4. The van der Waals surface area contributed by atoms with Crippen LogP contribution in [0.15, 0.2) is 51.5 Å². The quantitative estimate of drug-likeness (QED) is 0.268. The first-order chi connectivity index (χ1) is 21.1. The molecular weight excluding hydrogens is 570 g/mol. The average molecular weight is 617 g/mol. The minimum Gasteiger partial charge on any atom is -0.652 e. The van der Waals surface area contributed by atoms with Crippen LogP contribution in [-0.4, -0.2) is 59.5 Å². The number of hydrogen-bond donors (Lipinski definition) is 3. The van der Waals surface area contributed by atoms with Crippen LogP contribution in [0.4, 0.5) is 17.1 Å². The van der Waals surface area contributed by atoms with Crippen LogP contribution in [0.3, 0.4) is 0 Å². The van der Waals surface area contributed by atoms with Crippen molar-refractivity contribution >= 4 is 46.2 Å². The van der Waals surface area contributed by atoms with Gasteiger partial charge in [-0.15, -0.1) is 0 Å². The minimum atomic E-state index is -1.14. The van der Waals surface area contributed by atoms with Crippen molar-refractivity contribution in [2.24, 2.45) is 20.5 Å². The summed E-state index contributed by atoms with van der Waals surface area (Å²) >= 11 is 0. The number of carbonyl (C=O) groups is 2. The molecule has 4 N–H and O–H groups in total. The normalized spacial score (nSPS) is 20.1. The zero-order valence-electron chi connectivity index (χ0n) is 27.6. The van der Waals surface area contributed by atoms with Crippen LogP contribution >= 0.6 is 0 Å². The van der Waals surface area contributed by atoms with Gasteiger partial charge in [0.1, 0.15) is 18.9 Å². The number of aryl methyl sites for hydroxylation is 1. The first-order valence-corrected chi connectivity index (χ1v) is 15.4. The number of carboxylic acids is 1. The summed E-state index contributed by atoms with van der Waals surface area (Å²) in [5.74, 6) is -0.790. The summed E-state index contributed by atoms with van der Waals surface area (Å²) in [6.45, 7) is 17.6. The number of amidine groups is 1. The highest BCUT2D eigenvalue weighted by Gasteiger charge is 2.37. The number of anilines is 2. The molecule has 0 aromatic heterocycles. The summed E-state index contributed by atoms with van der Waals surface area (Å²) in [7, 11) is 0. The summed E-state index contributed by atoms with van der Waals surface area (Å²) in [6.07, 6.45) is 1.17. The lowest BCUT2D eigenvalue weighted by Crippen LogP contribution is -2.48. The number of nitrogens with one attached hydrogen (secondary N) is 3. The van der Waals surface area contributed by atoms with Gasteiger partial charge in [0.15, 0.2) is 5.84 Å². The van der Waals surface area contributed by atoms with Crippen molar-refractivity contribution in [3.05, 3.63) is 58.8 Å². The molecule has 4 rings (SSSR count). The van der Waals surface area contributed by atoms with Gasteiger partial charge in [-0.1, -0.05) is 46.8 Å². The molecule has 0 bridgehead atoms. The lowest BCUT2D eigenvalue weighted by molar-refractivity contribution is -0.143. The van der Waals surface area contributed by atoms with Gasteiger partial charge < -0.3 is 25.8 Å². The van der Waals surface area contributed by atoms with Crippen LogP contribution in [0.1, 0.15) is 90.1 Å². The number of carbonyl (C=O) groups excluding carboxylic acids is 1. The van der Waals surface area contributed by atoms with Gasteiger partial charge >= 0.3 is 5.97 Å². The van der Waals surface area contributed by atoms with Gasteiger partial charge in [0.2, 0.25) is 5.91 Å². The molecule has 2 aliphatic rings. The van der Waals surface area contributed by atoms with Crippen molar-refractivity contribution in [3.63, 3.8) is 0 Å². The second-order valence-corrected chi connectivity index (χ2v) is 13.5. The fourth-order valence-electron chi connectivity index (χ4n) is 5.94. The van der Waals surface area contributed by atoms with E-state index >= 15 is 0 Å². The Hall–Kier alpha value is -4.09. The second kappa shape index (κ2) is 13.5. The van der Waals surface area contributed by atoms with E-state index in [0.29, 0.717) is 28.7 Å². The fraction of sp³-hybridized carbons (Fsp3) is 0.500. The van der Waals surface area contributed by atoms with E-state index in [1.165, 1.54) is 11.3 Å². The van der Waals surface area contributed by atoms with Crippen molar-refractivity contribution in [2.45, 2.75) is 85.9 Å². The monoisotopic (exact) mass is 616 g/mol. The molecule has 0 spiro atoms. The summed E-state index contributed by atoms with van der Waals surface area (Å²) < 4.78 is 4.82. The Morgan fingerprint density at radius 2 is 1.91 bits per heavy atom. The number of carboxylic acid groups (broad SMARTS) is 1. The second-order valence-electron chi connectivity index (χ2n) is 13.5. The third-order valence-electron chi connectivity index (χ3n) is 8.04. The number of hydrogen-bond acceptors (Lipinski definition) is 7. The van der Waals surface area contributed by atoms with Crippen molar-refractivity contribution in [3.8, 4) is 0 Å². The molecule has 242 valence electrons. The molecule has 2 aromatic rings. The molecule has 0 aliphatic carbocycles. The lowest BCUT2D eigenvalue weighted by Gasteiger charge is -2.48. The van der Waals surface area contributed by atoms with Crippen LogP contribution in [0.25, 0.3) is 5.73 Å². The van der Waals surface area contributed by atoms with Crippen LogP contribution < -0.4 is 15.6 Å². The van der Waals surface area contributed by atoms with E-state index in [2.05, 4.69) is 93.3 Å². The van der Waals surface area contributed by atoms with Gasteiger partial charge in [0.25, 0.3) is 0 Å². The molecule has 1 amide bonds. The van der Waals surface area contributed by atoms with Crippen molar-refractivity contribution in [1.82, 2.24) is 5.43 Å². The van der Waals surface area contributed by atoms with E-state index in [1.54, 1.807) is 24.3 Å². The SMILES string of the molecule is CCCN1c2cc(C)c(N=C3C(=NC([NH-])c4ccc(NC(=O)COCC(=O)O)cc4)NN=C3C(C)(C)C)cc2C(C)CC1(C)C. The molecule has 0 fully saturated rings. The topological polar surface area (TPSA) is 152 Å². The van der Waals surface area contributed by atoms with E-state index in [9.17, 15) is 9.59 Å². The third kappa shape index (κ3) is 7.96. The number of aliphatic imine (C=N–C) groups is 2. The molecule has 0 saturated carbocycles. The van der Waals surface area contributed by atoms with Gasteiger partial charge in [0, 0.05) is 28.9 Å². The number of fused-ring (bicyclic) bond motifs is 1. The fourth-order valence-corrected chi connectivity index (χ4v) is 5.94. The van der Waals surface area contributed by atoms with Crippen LogP contribution in [0.5, 0.6) is 0 Å². The highest BCUT2D eigenvalue weighted by Crippen LogP contribution is 2.46. The van der Waals surface area contributed by atoms with Crippen LogP contribution in [0.2, 0.25) is 0 Å². The predicted molar refractivity (Wildman–Crippen MR) is 181 cm³/mol. The zero-order chi connectivity index (χ0) is 33.1. The molecule has 2 aromatic carbocycles. The maximum Gasteiger partial charge on any atom is 0.329 e. The Morgan fingerprint density at radius 3 is 2.53 bits per heavy atom. The van der Waals surface area contributed by atoms with E-state index in [1.807, 2.05) is 0 Å². The summed E-state index contributed by atoms with van der Waals surface area (Å²) in [4.78, 5) is 35.0. The third-order valence-corrected chi connectivity index (χ3v) is 8.04. The minimum absolute atomic E-state index is 0.0762. The molecule has 45 heavy (non-hydrogen) atoms. The molecule has 2 heterocycles. The number of amides is 1. The molecular formula is C34H46N7O4-. The number of benzene rings is 2. The van der Waals surface area contributed by atoms with E-state index < -0.39 is 24.6 Å². The van der Waals surface area contributed by atoms with Crippen LogP contribution in [0, 0.1) is 12.3 Å². The molecule has 0 radical (unpaired) electrons.